The first kappa shape index (κ1) is 12.2. The first-order chi connectivity index (χ1) is 8.35. The minimum atomic E-state index is -0.0773. The smallest absolute Gasteiger partial charge is 0.134 e. The van der Waals surface area contributed by atoms with Crippen LogP contribution in [0.5, 0.6) is 0 Å². The fraction of sp³-hybridized carbons (Fsp3) is 0.308. The Balaban J connectivity index is 2.28. The first-order valence-corrected chi connectivity index (χ1v) is 6.48. The highest BCUT2D eigenvalue weighted by molar-refractivity contribution is 7.11. The summed E-state index contributed by atoms with van der Waals surface area (Å²) in [5.41, 5.74) is 6.74. The molecule has 1 aromatic carbocycles. The van der Waals surface area contributed by atoms with Crippen LogP contribution in [0.2, 0.25) is 0 Å². The minimum Gasteiger partial charge on any atom is -0.367 e. The summed E-state index contributed by atoms with van der Waals surface area (Å²) in [5, 5.41) is 0.971. The Labute approximate surface area is 105 Å². The highest BCUT2D eigenvalue weighted by atomic mass is 32.1. The van der Waals surface area contributed by atoms with Gasteiger partial charge in [-0.2, -0.15) is 0 Å². The second-order valence-corrected chi connectivity index (χ2v) is 4.76. The van der Waals surface area contributed by atoms with Crippen LogP contribution in [0, 0.1) is 0 Å². The molecule has 0 amide bonds. The van der Waals surface area contributed by atoms with Gasteiger partial charge in [0.25, 0.3) is 0 Å². The summed E-state index contributed by atoms with van der Waals surface area (Å²) in [6.07, 6.45) is 1.75. The van der Waals surface area contributed by atoms with Crippen molar-refractivity contribution < 1.29 is 4.74 Å². The molecule has 4 heteroatoms. The molecule has 0 saturated heterocycles. The Morgan fingerprint density at radius 2 is 2.12 bits per heavy atom. The normalized spacial score (nSPS) is 12.6. The molecule has 0 saturated carbocycles. The highest BCUT2D eigenvalue weighted by Crippen LogP contribution is 2.29. The summed E-state index contributed by atoms with van der Waals surface area (Å²) in [4.78, 5) is 5.48. The van der Waals surface area contributed by atoms with Crippen molar-refractivity contribution in [3.05, 3.63) is 52.0 Å². The number of thiazole rings is 1. The van der Waals surface area contributed by atoms with E-state index in [1.807, 2.05) is 31.3 Å². The maximum absolute atomic E-state index is 5.78. The van der Waals surface area contributed by atoms with Gasteiger partial charge in [-0.15, -0.1) is 11.3 Å². The zero-order valence-electron chi connectivity index (χ0n) is 9.80. The Morgan fingerprint density at radius 3 is 2.71 bits per heavy atom. The zero-order valence-corrected chi connectivity index (χ0v) is 10.6. The van der Waals surface area contributed by atoms with Crippen LogP contribution in [0.4, 0.5) is 0 Å². The van der Waals surface area contributed by atoms with Crippen LogP contribution in [-0.4, -0.2) is 11.6 Å². The van der Waals surface area contributed by atoms with Crippen LogP contribution in [0.1, 0.15) is 28.5 Å². The van der Waals surface area contributed by atoms with E-state index in [0.29, 0.717) is 13.2 Å². The molecule has 2 rings (SSSR count). The Bertz CT molecular complexity index is 455. The fourth-order valence-electron chi connectivity index (χ4n) is 1.64. The summed E-state index contributed by atoms with van der Waals surface area (Å²) in [5.74, 6) is 0. The van der Waals surface area contributed by atoms with Crippen molar-refractivity contribution in [2.45, 2.75) is 19.6 Å². The van der Waals surface area contributed by atoms with Gasteiger partial charge in [-0.1, -0.05) is 30.3 Å². The number of nitrogens with zero attached hydrogens (tertiary/aromatic N) is 1. The molecule has 0 spiro atoms. The molecule has 90 valence electrons. The standard InChI is InChI=1S/C13H16N2OS/c1-2-16-12(10-6-4-3-5-7-10)13-15-9-11(8-14)17-13/h3-7,9,12H,2,8,14H2,1H3. The van der Waals surface area contributed by atoms with E-state index < -0.39 is 0 Å². The van der Waals surface area contributed by atoms with Gasteiger partial charge in [0.05, 0.1) is 0 Å². The van der Waals surface area contributed by atoms with Gasteiger partial charge in [0.2, 0.25) is 0 Å². The Kier molecular flexibility index (Phi) is 4.25. The first-order valence-electron chi connectivity index (χ1n) is 5.66. The monoisotopic (exact) mass is 248 g/mol. The second kappa shape index (κ2) is 5.91. The largest absolute Gasteiger partial charge is 0.367 e. The average Bonchev–Trinajstić information content (AvgIpc) is 2.85. The van der Waals surface area contributed by atoms with Gasteiger partial charge >= 0.3 is 0 Å². The van der Waals surface area contributed by atoms with Crippen LogP contribution >= 0.6 is 11.3 Å². The van der Waals surface area contributed by atoms with Gasteiger partial charge in [-0.25, -0.2) is 4.98 Å². The summed E-state index contributed by atoms with van der Waals surface area (Å²) in [6.45, 7) is 3.19. The van der Waals surface area contributed by atoms with E-state index in [1.165, 1.54) is 0 Å². The average molecular weight is 248 g/mol. The third kappa shape index (κ3) is 2.91. The molecular formula is C13H16N2OS. The predicted octanol–water partition coefficient (Wildman–Crippen LogP) is 2.73. The topological polar surface area (TPSA) is 48.1 Å². The van der Waals surface area contributed by atoms with Gasteiger partial charge in [0, 0.05) is 24.2 Å². The van der Waals surface area contributed by atoms with Crippen molar-refractivity contribution in [1.82, 2.24) is 4.98 Å². The lowest BCUT2D eigenvalue weighted by molar-refractivity contribution is 0.0911. The van der Waals surface area contributed by atoms with Crippen LogP contribution in [0.15, 0.2) is 36.5 Å². The summed E-state index contributed by atoms with van der Waals surface area (Å²) < 4.78 is 5.78. The molecule has 1 aromatic heterocycles. The molecule has 0 bridgehead atoms. The Morgan fingerprint density at radius 1 is 1.35 bits per heavy atom. The van der Waals surface area contributed by atoms with Crippen molar-refractivity contribution in [2.75, 3.05) is 6.61 Å². The molecule has 0 fully saturated rings. The maximum atomic E-state index is 5.78. The predicted molar refractivity (Wildman–Crippen MR) is 69.9 cm³/mol. The molecule has 1 atom stereocenters. The van der Waals surface area contributed by atoms with E-state index in [-0.39, 0.29) is 6.10 Å². The number of rotatable bonds is 5. The molecule has 2 aromatic rings. The van der Waals surface area contributed by atoms with E-state index in [4.69, 9.17) is 10.5 Å². The quantitative estimate of drug-likeness (QED) is 0.885. The molecule has 0 radical (unpaired) electrons. The van der Waals surface area contributed by atoms with Gasteiger partial charge < -0.3 is 10.5 Å². The van der Waals surface area contributed by atoms with E-state index in [1.54, 1.807) is 11.3 Å². The number of hydrogen-bond acceptors (Lipinski definition) is 4. The molecule has 0 aliphatic rings. The van der Waals surface area contributed by atoms with Gasteiger partial charge in [-0.3, -0.25) is 0 Å². The van der Waals surface area contributed by atoms with Crippen LogP contribution in [-0.2, 0) is 11.3 Å². The van der Waals surface area contributed by atoms with Crippen molar-refractivity contribution in [3.8, 4) is 0 Å². The lowest BCUT2D eigenvalue weighted by Gasteiger charge is -2.14. The van der Waals surface area contributed by atoms with Crippen LogP contribution < -0.4 is 5.73 Å². The summed E-state index contributed by atoms with van der Waals surface area (Å²) >= 11 is 1.61. The molecule has 1 unspecified atom stereocenters. The number of benzene rings is 1. The minimum absolute atomic E-state index is 0.0773. The lowest BCUT2D eigenvalue weighted by atomic mass is 10.1. The molecule has 0 aliphatic carbocycles. The van der Waals surface area contributed by atoms with Crippen molar-refractivity contribution in [1.29, 1.82) is 0 Å². The maximum Gasteiger partial charge on any atom is 0.134 e. The molecule has 3 nitrogen and oxygen atoms in total. The van der Waals surface area contributed by atoms with Crippen LogP contribution in [0.3, 0.4) is 0 Å². The van der Waals surface area contributed by atoms with E-state index >= 15 is 0 Å². The molecule has 17 heavy (non-hydrogen) atoms. The second-order valence-electron chi connectivity index (χ2n) is 3.62. The third-order valence-corrected chi connectivity index (χ3v) is 3.50. The van der Waals surface area contributed by atoms with Gasteiger partial charge in [-0.05, 0) is 12.5 Å². The number of ether oxygens (including phenoxy) is 1. The van der Waals surface area contributed by atoms with E-state index in [9.17, 15) is 0 Å². The third-order valence-electron chi connectivity index (χ3n) is 2.43. The molecule has 0 aliphatic heterocycles. The summed E-state index contributed by atoms with van der Waals surface area (Å²) in [6, 6.07) is 10.1. The zero-order chi connectivity index (χ0) is 12.1. The lowest BCUT2D eigenvalue weighted by Crippen LogP contribution is -2.05. The SMILES string of the molecule is CCOC(c1ccccc1)c1ncc(CN)s1. The number of nitrogens with two attached hydrogens (primary N) is 1. The van der Waals surface area contributed by atoms with Gasteiger partial charge in [0.15, 0.2) is 0 Å². The van der Waals surface area contributed by atoms with Crippen molar-refractivity contribution in [3.63, 3.8) is 0 Å². The number of aromatic nitrogens is 1. The molecular weight excluding hydrogens is 232 g/mol. The molecule has 1 heterocycles. The van der Waals surface area contributed by atoms with Gasteiger partial charge in [0.1, 0.15) is 11.1 Å². The Hall–Kier alpha value is -1.23. The number of hydrogen-bond donors (Lipinski definition) is 1. The van der Waals surface area contributed by atoms with Crippen LogP contribution in [0.25, 0.3) is 0 Å². The van der Waals surface area contributed by atoms with Crippen molar-refractivity contribution in [2.24, 2.45) is 5.73 Å². The summed E-state index contributed by atoms with van der Waals surface area (Å²) in [7, 11) is 0. The van der Waals surface area contributed by atoms with E-state index in [2.05, 4.69) is 17.1 Å². The molecule has 2 N–H and O–H groups in total. The fourth-order valence-corrected chi connectivity index (χ4v) is 2.52. The van der Waals surface area contributed by atoms with Crippen molar-refractivity contribution >= 4 is 11.3 Å². The van der Waals surface area contributed by atoms with E-state index in [0.717, 1.165) is 15.4 Å². The highest BCUT2D eigenvalue weighted by Gasteiger charge is 2.17.